The van der Waals surface area contributed by atoms with Crippen molar-refractivity contribution in [2.24, 2.45) is 10.8 Å². The molecule has 2 aliphatic rings. The highest BCUT2D eigenvalue weighted by Gasteiger charge is 2.50. The van der Waals surface area contributed by atoms with Crippen LogP contribution in [0.15, 0.2) is 36.4 Å². The average molecular weight is 436 g/mol. The molecule has 2 bridgehead atoms. The summed E-state index contributed by atoms with van der Waals surface area (Å²) in [7, 11) is 0. The molecule has 0 N–H and O–H groups in total. The Hall–Kier alpha value is -2.89. The first-order chi connectivity index (χ1) is 15.1. The predicted molar refractivity (Wildman–Crippen MR) is 124 cm³/mol. The normalized spacial score (nSPS) is 24.2. The van der Waals surface area contributed by atoms with Crippen LogP contribution in [0.3, 0.4) is 0 Å². The van der Waals surface area contributed by atoms with Crippen LogP contribution in [-0.2, 0) is 14.3 Å². The zero-order valence-electron chi connectivity index (χ0n) is 19.7. The molecule has 2 unspecified atom stereocenters. The molecule has 4 rings (SSSR count). The lowest BCUT2D eigenvalue weighted by Crippen LogP contribution is -2.39. The highest BCUT2D eigenvalue weighted by Crippen LogP contribution is 2.52. The Labute approximate surface area is 190 Å². The molecule has 2 atom stereocenters. The number of hydrogen-bond donors (Lipinski definition) is 0. The monoisotopic (exact) mass is 435 g/mol. The van der Waals surface area contributed by atoms with Crippen LogP contribution < -0.4 is 0 Å². The van der Waals surface area contributed by atoms with E-state index in [1.54, 1.807) is 6.08 Å². The van der Waals surface area contributed by atoms with E-state index in [1.165, 1.54) is 6.08 Å². The quantitative estimate of drug-likeness (QED) is 0.513. The Balaban J connectivity index is 1.37. The second kappa shape index (κ2) is 8.23. The number of carbonyl (C=O) groups is 2. The number of amides is 1. The van der Waals surface area contributed by atoms with Gasteiger partial charge in [-0.2, -0.15) is 5.10 Å². The lowest BCUT2D eigenvalue weighted by Gasteiger charge is -2.39. The first kappa shape index (κ1) is 22.3. The number of nitrogens with zero attached hydrogens (tertiary/aromatic N) is 3. The summed E-state index contributed by atoms with van der Waals surface area (Å²) in [5.74, 6) is -0.610. The van der Waals surface area contributed by atoms with E-state index in [1.807, 2.05) is 53.8 Å². The number of ether oxygens (including phenoxy) is 1. The minimum absolute atomic E-state index is 0.0950. The Morgan fingerprint density at radius 1 is 1.16 bits per heavy atom. The number of aromatic nitrogens is 2. The summed E-state index contributed by atoms with van der Waals surface area (Å²) in [5, 5.41) is 4.59. The van der Waals surface area contributed by atoms with E-state index in [9.17, 15) is 9.59 Å². The lowest BCUT2D eigenvalue weighted by molar-refractivity contribution is -0.148. The van der Waals surface area contributed by atoms with Crippen LogP contribution in [0.25, 0.3) is 11.8 Å². The molecular weight excluding hydrogens is 402 g/mol. The topological polar surface area (TPSA) is 64.4 Å². The lowest BCUT2D eigenvalue weighted by atomic mass is 9.65. The maximum Gasteiger partial charge on any atom is 0.331 e. The van der Waals surface area contributed by atoms with Crippen LogP contribution in [0.1, 0.15) is 57.0 Å². The van der Waals surface area contributed by atoms with Crippen molar-refractivity contribution in [1.29, 1.82) is 0 Å². The van der Waals surface area contributed by atoms with Gasteiger partial charge in [0.1, 0.15) is 0 Å². The molecule has 1 amide bonds. The fourth-order valence-electron chi connectivity index (χ4n) is 5.88. The summed E-state index contributed by atoms with van der Waals surface area (Å²) in [4.78, 5) is 27.1. The number of hydrogen-bond acceptors (Lipinski definition) is 4. The Bertz CT molecular complexity index is 1050. The van der Waals surface area contributed by atoms with Crippen molar-refractivity contribution in [2.75, 3.05) is 13.2 Å². The van der Waals surface area contributed by atoms with Crippen molar-refractivity contribution in [3.63, 3.8) is 0 Å². The molecule has 6 heteroatoms. The third-order valence-corrected chi connectivity index (χ3v) is 6.81. The van der Waals surface area contributed by atoms with Gasteiger partial charge in [0.2, 0.25) is 0 Å². The smallest absolute Gasteiger partial charge is 0.331 e. The molecule has 2 aromatic rings. The van der Waals surface area contributed by atoms with Crippen LogP contribution in [0.5, 0.6) is 0 Å². The number of aryl methyl sites for hydroxylation is 1. The predicted octanol–water partition coefficient (Wildman–Crippen LogP) is 4.47. The van der Waals surface area contributed by atoms with Crippen LogP contribution in [-0.4, -0.2) is 45.8 Å². The van der Waals surface area contributed by atoms with E-state index in [2.05, 4.69) is 25.9 Å². The Morgan fingerprint density at radius 3 is 2.59 bits per heavy atom. The molecule has 1 aromatic heterocycles. The summed E-state index contributed by atoms with van der Waals surface area (Å²) < 4.78 is 7.16. The zero-order chi connectivity index (χ0) is 23.1. The van der Waals surface area contributed by atoms with Gasteiger partial charge in [-0.15, -0.1) is 0 Å². The number of carbonyl (C=O) groups excluding carboxylic acids is 2. The number of esters is 1. The van der Waals surface area contributed by atoms with E-state index in [4.69, 9.17) is 4.74 Å². The molecule has 1 saturated carbocycles. The third-order valence-electron chi connectivity index (χ3n) is 6.81. The van der Waals surface area contributed by atoms with Crippen molar-refractivity contribution >= 4 is 18.0 Å². The minimum atomic E-state index is -0.515. The van der Waals surface area contributed by atoms with Gasteiger partial charge < -0.3 is 9.64 Å². The van der Waals surface area contributed by atoms with E-state index in [-0.39, 0.29) is 29.4 Å². The largest absolute Gasteiger partial charge is 0.452 e. The first-order valence-electron chi connectivity index (χ1n) is 11.3. The number of benzene rings is 1. The fourth-order valence-corrected chi connectivity index (χ4v) is 5.88. The molecule has 2 heterocycles. The number of para-hydroxylation sites is 1. The highest BCUT2D eigenvalue weighted by molar-refractivity contribution is 5.89. The van der Waals surface area contributed by atoms with E-state index >= 15 is 0 Å². The number of fused-ring (bicyclic) bond motifs is 2. The van der Waals surface area contributed by atoms with Crippen molar-refractivity contribution in [1.82, 2.24) is 14.7 Å². The van der Waals surface area contributed by atoms with Gasteiger partial charge in [-0.05, 0) is 62.1 Å². The Kier molecular flexibility index (Phi) is 5.74. The summed E-state index contributed by atoms with van der Waals surface area (Å²) >= 11 is 0. The molecule has 170 valence electrons. The van der Waals surface area contributed by atoms with E-state index in [0.717, 1.165) is 48.4 Å². The van der Waals surface area contributed by atoms with Gasteiger partial charge in [0.25, 0.3) is 5.91 Å². The van der Waals surface area contributed by atoms with Crippen LogP contribution in [0.2, 0.25) is 0 Å². The molecule has 1 aliphatic heterocycles. The maximum absolute atomic E-state index is 12.8. The maximum atomic E-state index is 12.8. The van der Waals surface area contributed by atoms with Crippen molar-refractivity contribution < 1.29 is 14.3 Å². The van der Waals surface area contributed by atoms with E-state index in [0.29, 0.717) is 0 Å². The zero-order valence-corrected chi connectivity index (χ0v) is 19.7. The third kappa shape index (κ3) is 4.50. The van der Waals surface area contributed by atoms with Crippen LogP contribution >= 0.6 is 0 Å². The molecule has 1 saturated heterocycles. The molecule has 1 aromatic carbocycles. The number of likely N-dealkylation sites (tertiary alicyclic amines) is 1. The molecule has 0 radical (unpaired) electrons. The van der Waals surface area contributed by atoms with Gasteiger partial charge in [0.15, 0.2) is 6.61 Å². The SMILES string of the molecule is Cc1nn(-c2ccccc2)c(C)c1C=CC(=O)OCC(=O)N1CC2(C)CC1CC(C)(C)C2. The van der Waals surface area contributed by atoms with Gasteiger partial charge in [0, 0.05) is 29.9 Å². The molecule has 6 nitrogen and oxygen atoms in total. The van der Waals surface area contributed by atoms with Gasteiger partial charge in [-0.1, -0.05) is 39.0 Å². The standard InChI is InChI=1S/C26H33N3O3/c1-18-22(19(2)29(27-18)20-9-7-6-8-10-20)11-12-24(31)32-15-23(30)28-17-26(5)14-21(28)13-25(3,4)16-26/h6-12,21H,13-17H2,1-5H3. The molecule has 0 spiro atoms. The molecular formula is C26H33N3O3. The van der Waals surface area contributed by atoms with Crippen molar-refractivity contribution in [2.45, 2.75) is 59.9 Å². The highest BCUT2D eigenvalue weighted by atomic mass is 16.5. The van der Waals surface area contributed by atoms with Gasteiger partial charge in [0.05, 0.1) is 11.4 Å². The Morgan fingerprint density at radius 2 is 1.88 bits per heavy atom. The summed E-state index contributed by atoms with van der Waals surface area (Å²) in [6.07, 6.45) is 6.27. The van der Waals surface area contributed by atoms with Gasteiger partial charge >= 0.3 is 5.97 Å². The van der Waals surface area contributed by atoms with Crippen molar-refractivity contribution in [3.8, 4) is 5.69 Å². The summed E-state index contributed by atoms with van der Waals surface area (Å²) in [6.45, 7) is 11.2. The van der Waals surface area contributed by atoms with Gasteiger partial charge in [-0.3, -0.25) is 4.79 Å². The fraction of sp³-hybridized carbons (Fsp3) is 0.500. The molecule has 1 aliphatic carbocycles. The van der Waals surface area contributed by atoms with Crippen LogP contribution in [0, 0.1) is 24.7 Å². The van der Waals surface area contributed by atoms with Gasteiger partial charge in [-0.25, -0.2) is 9.48 Å². The average Bonchev–Trinajstić information content (AvgIpc) is 3.15. The summed E-state index contributed by atoms with van der Waals surface area (Å²) in [6, 6.07) is 10.1. The second-order valence-electron chi connectivity index (χ2n) is 10.5. The second-order valence-corrected chi connectivity index (χ2v) is 10.5. The van der Waals surface area contributed by atoms with Crippen LogP contribution in [0.4, 0.5) is 0 Å². The molecule has 32 heavy (non-hydrogen) atoms. The molecule has 2 fully saturated rings. The summed E-state index contributed by atoms with van der Waals surface area (Å²) in [5.41, 5.74) is 4.02. The van der Waals surface area contributed by atoms with Crippen molar-refractivity contribution in [3.05, 3.63) is 53.4 Å². The van der Waals surface area contributed by atoms with E-state index < -0.39 is 5.97 Å². The minimum Gasteiger partial charge on any atom is -0.452 e. The number of rotatable bonds is 5. The first-order valence-corrected chi connectivity index (χ1v) is 11.3.